The lowest BCUT2D eigenvalue weighted by atomic mass is 9.89. The van der Waals surface area contributed by atoms with Gasteiger partial charge in [-0.3, -0.25) is 4.99 Å². The molecule has 4 nitrogen and oxygen atoms in total. The molecule has 1 N–H and O–H groups in total. The molecule has 2 atom stereocenters. The van der Waals surface area contributed by atoms with Gasteiger partial charge in [0.2, 0.25) is 0 Å². The lowest BCUT2D eigenvalue weighted by Gasteiger charge is -2.33. The first-order valence-electron chi connectivity index (χ1n) is 10.0. The van der Waals surface area contributed by atoms with Gasteiger partial charge >= 0.3 is 0 Å². The highest BCUT2D eigenvalue weighted by molar-refractivity contribution is 5.97. The molecule has 0 aromatic heterocycles. The maximum absolute atomic E-state index is 6.17. The fraction of sp³-hybridized carbons (Fsp3) is 0.435. The largest absolute Gasteiger partial charge is 0.373 e. The molecule has 142 valence electrons. The molecule has 2 aromatic rings. The SMILES string of the molecule is CN=C(NCC1CCCOC1c1ccc(C)cc1)N1CCc2ccccc21. The number of nitrogens with zero attached hydrogens (tertiary/aromatic N) is 2. The topological polar surface area (TPSA) is 36.9 Å². The second-order valence-electron chi connectivity index (χ2n) is 7.56. The molecule has 0 saturated carbocycles. The zero-order valence-electron chi connectivity index (χ0n) is 16.3. The summed E-state index contributed by atoms with van der Waals surface area (Å²) in [5, 5.41) is 3.63. The molecule has 1 fully saturated rings. The third-order valence-electron chi connectivity index (χ3n) is 5.73. The van der Waals surface area contributed by atoms with E-state index in [1.165, 1.54) is 28.8 Å². The van der Waals surface area contributed by atoms with Crippen molar-refractivity contribution in [2.75, 3.05) is 31.6 Å². The summed E-state index contributed by atoms with van der Waals surface area (Å²) in [6.07, 6.45) is 3.55. The normalized spacial score (nSPS) is 22.6. The number of aryl methyl sites for hydroxylation is 1. The van der Waals surface area contributed by atoms with Crippen molar-refractivity contribution in [2.24, 2.45) is 10.9 Å². The van der Waals surface area contributed by atoms with Gasteiger partial charge in [0.05, 0.1) is 6.10 Å². The molecule has 2 aromatic carbocycles. The number of anilines is 1. The number of para-hydroxylation sites is 1. The summed E-state index contributed by atoms with van der Waals surface area (Å²) in [4.78, 5) is 6.86. The van der Waals surface area contributed by atoms with Crippen LogP contribution < -0.4 is 10.2 Å². The van der Waals surface area contributed by atoms with E-state index in [2.05, 4.69) is 70.7 Å². The molecule has 2 aliphatic rings. The quantitative estimate of drug-likeness (QED) is 0.659. The average Bonchev–Trinajstić information content (AvgIpc) is 3.14. The molecular formula is C23H29N3O. The van der Waals surface area contributed by atoms with Crippen LogP contribution in [0, 0.1) is 12.8 Å². The molecule has 4 heteroatoms. The second kappa shape index (κ2) is 8.13. The summed E-state index contributed by atoms with van der Waals surface area (Å²) < 4.78 is 6.17. The lowest BCUT2D eigenvalue weighted by molar-refractivity contribution is -0.0265. The van der Waals surface area contributed by atoms with E-state index in [0.29, 0.717) is 5.92 Å². The van der Waals surface area contributed by atoms with Crippen molar-refractivity contribution in [3.05, 3.63) is 65.2 Å². The molecule has 0 spiro atoms. The first-order chi connectivity index (χ1) is 13.3. The van der Waals surface area contributed by atoms with Crippen molar-refractivity contribution in [3.8, 4) is 0 Å². The Morgan fingerprint density at radius 1 is 1.19 bits per heavy atom. The van der Waals surface area contributed by atoms with Gasteiger partial charge in [0.1, 0.15) is 0 Å². The summed E-state index contributed by atoms with van der Waals surface area (Å²) in [7, 11) is 1.87. The van der Waals surface area contributed by atoms with Crippen molar-refractivity contribution in [2.45, 2.75) is 32.3 Å². The van der Waals surface area contributed by atoms with Gasteiger partial charge in [-0.15, -0.1) is 0 Å². The van der Waals surface area contributed by atoms with Gasteiger partial charge in [0, 0.05) is 38.3 Å². The van der Waals surface area contributed by atoms with Crippen LogP contribution in [0.2, 0.25) is 0 Å². The average molecular weight is 364 g/mol. The van der Waals surface area contributed by atoms with Crippen LogP contribution >= 0.6 is 0 Å². The summed E-state index contributed by atoms with van der Waals surface area (Å²) in [6.45, 7) is 4.84. The number of aliphatic imine (C=N–C) groups is 1. The van der Waals surface area contributed by atoms with Crippen LogP contribution in [-0.4, -0.2) is 32.7 Å². The van der Waals surface area contributed by atoms with Crippen LogP contribution in [0.15, 0.2) is 53.5 Å². The van der Waals surface area contributed by atoms with Crippen LogP contribution in [-0.2, 0) is 11.2 Å². The number of fused-ring (bicyclic) bond motifs is 1. The van der Waals surface area contributed by atoms with E-state index in [1.54, 1.807) is 0 Å². The zero-order chi connectivity index (χ0) is 18.6. The number of rotatable bonds is 3. The zero-order valence-corrected chi connectivity index (χ0v) is 16.3. The molecule has 0 bridgehead atoms. The van der Waals surface area contributed by atoms with E-state index in [4.69, 9.17) is 4.74 Å². The van der Waals surface area contributed by atoms with Crippen LogP contribution in [0.5, 0.6) is 0 Å². The molecule has 0 radical (unpaired) electrons. The van der Waals surface area contributed by atoms with E-state index in [0.717, 1.165) is 38.5 Å². The Hall–Kier alpha value is -2.33. The van der Waals surface area contributed by atoms with Crippen molar-refractivity contribution in [1.29, 1.82) is 0 Å². The molecule has 0 aliphatic carbocycles. The minimum atomic E-state index is 0.163. The number of nitrogens with one attached hydrogen (secondary N) is 1. The number of benzene rings is 2. The Labute approximate surface area is 162 Å². The molecule has 4 rings (SSSR count). The van der Waals surface area contributed by atoms with Crippen molar-refractivity contribution in [3.63, 3.8) is 0 Å². The van der Waals surface area contributed by atoms with Gasteiger partial charge < -0.3 is 15.0 Å². The number of ether oxygens (including phenoxy) is 1. The van der Waals surface area contributed by atoms with Crippen LogP contribution in [0.4, 0.5) is 5.69 Å². The molecule has 2 aliphatic heterocycles. The Bertz CT molecular complexity index is 800. The highest BCUT2D eigenvalue weighted by Gasteiger charge is 2.29. The summed E-state index contributed by atoms with van der Waals surface area (Å²) >= 11 is 0. The van der Waals surface area contributed by atoms with Gasteiger partial charge in [-0.05, 0) is 43.4 Å². The highest BCUT2D eigenvalue weighted by atomic mass is 16.5. The van der Waals surface area contributed by atoms with Crippen LogP contribution in [0.1, 0.15) is 35.6 Å². The van der Waals surface area contributed by atoms with Gasteiger partial charge in [-0.1, -0.05) is 48.0 Å². The van der Waals surface area contributed by atoms with Gasteiger partial charge in [0.15, 0.2) is 5.96 Å². The Morgan fingerprint density at radius 2 is 2.00 bits per heavy atom. The molecule has 2 unspecified atom stereocenters. The Balaban J connectivity index is 1.45. The maximum atomic E-state index is 6.17. The Morgan fingerprint density at radius 3 is 2.81 bits per heavy atom. The van der Waals surface area contributed by atoms with Gasteiger partial charge in [0.25, 0.3) is 0 Å². The minimum absolute atomic E-state index is 0.163. The fourth-order valence-electron chi connectivity index (χ4n) is 4.25. The predicted molar refractivity (Wildman–Crippen MR) is 111 cm³/mol. The van der Waals surface area contributed by atoms with E-state index in [1.807, 2.05) is 7.05 Å². The van der Waals surface area contributed by atoms with E-state index in [-0.39, 0.29) is 6.10 Å². The van der Waals surface area contributed by atoms with Crippen molar-refractivity contribution in [1.82, 2.24) is 5.32 Å². The standard InChI is InChI=1S/C23H29N3O/c1-17-9-11-19(12-10-17)22-20(7-5-15-27-22)16-25-23(24-2)26-14-13-18-6-3-4-8-21(18)26/h3-4,6,8-12,20,22H,5,7,13-16H2,1-2H3,(H,24,25). The second-order valence-corrected chi connectivity index (χ2v) is 7.56. The smallest absolute Gasteiger partial charge is 0.198 e. The molecule has 1 saturated heterocycles. The first-order valence-corrected chi connectivity index (χ1v) is 10.0. The van der Waals surface area contributed by atoms with Gasteiger partial charge in [-0.2, -0.15) is 0 Å². The Kier molecular flexibility index (Phi) is 5.44. The summed E-state index contributed by atoms with van der Waals surface area (Å²) in [5.74, 6) is 1.42. The maximum Gasteiger partial charge on any atom is 0.198 e. The number of guanidine groups is 1. The number of hydrogen-bond acceptors (Lipinski definition) is 2. The van der Waals surface area contributed by atoms with E-state index >= 15 is 0 Å². The van der Waals surface area contributed by atoms with Crippen molar-refractivity contribution >= 4 is 11.6 Å². The highest BCUT2D eigenvalue weighted by Crippen LogP contribution is 2.33. The molecule has 0 amide bonds. The fourth-order valence-corrected chi connectivity index (χ4v) is 4.25. The lowest BCUT2D eigenvalue weighted by Crippen LogP contribution is -2.44. The molecule has 2 heterocycles. The number of hydrogen-bond donors (Lipinski definition) is 1. The van der Waals surface area contributed by atoms with Crippen molar-refractivity contribution < 1.29 is 4.74 Å². The summed E-state index contributed by atoms with van der Waals surface area (Å²) in [5.41, 5.74) is 5.26. The first kappa shape index (κ1) is 18.1. The van der Waals surface area contributed by atoms with E-state index < -0.39 is 0 Å². The van der Waals surface area contributed by atoms with E-state index in [9.17, 15) is 0 Å². The van der Waals surface area contributed by atoms with Crippen LogP contribution in [0.25, 0.3) is 0 Å². The predicted octanol–water partition coefficient (Wildman–Crippen LogP) is 4.10. The third kappa shape index (κ3) is 3.86. The van der Waals surface area contributed by atoms with Crippen LogP contribution in [0.3, 0.4) is 0 Å². The monoisotopic (exact) mass is 363 g/mol. The minimum Gasteiger partial charge on any atom is -0.373 e. The molecule has 27 heavy (non-hydrogen) atoms. The third-order valence-corrected chi connectivity index (χ3v) is 5.73. The molecular weight excluding hydrogens is 334 g/mol. The summed E-state index contributed by atoms with van der Waals surface area (Å²) in [6, 6.07) is 17.4. The van der Waals surface area contributed by atoms with Gasteiger partial charge in [-0.25, -0.2) is 0 Å².